The van der Waals surface area contributed by atoms with Crippen LogP contribution >= 0.6 is 0 Å². The first-order chi connectivity index (χ1) is 11.3. The molecule has 0 radical (unpaired) electrons. The van der Waals surface area contributed by atoms with E-state index in [4.69, 9.17) is 0 Å². The molecule has 2 unspecified atom stereocenters. The molecule has 2 atom stereocenters. The first-order valence-corrected chi connectivity index (χ1v) is 8.66. The van der Waals surface area contributed by atoms with E-state index >= 15 is 0 Å². The van der Waals surface area contributed by atoms with Gasteiger partial charge in [0.2, 0.25) is 10.0 Å². The number of H-pyrrole nitrogens is 1. The Kier molecular flexibility index (Phi) is 4.35. The van der Waals surface area contributed by atoms with Crippen LogP contribution in [0.2, 0.25) is 0 Å². The molecule has 1 N–H and O–H groups in total. The van der Waals surface area contributed by atoms with Crippen molar-refractivity contribution in [3.63, 3.8) is 0 Å². The Balaban J connectivity index is 1.92. The number of aromatic nitrogens is 3. The summed E-state index contributed by atoms with van der Waals surface area (Å²) in [6.45, 7) is 0.781. The number of aromatic amines is 1. The number of rotatable bonds is 4. The lowest BCUT2D eigenvalue weighted by molar-refractivity contribution is 0.346. The third-order valence-corrected chi connectivity index (χ3v) is 5.84. The van der Waals surface area contributed by atoms with Crippen LogP contribution in [0, 0.1) is 24.5 Å². The summed E-state index contributed by atoms with van der Waals surface area (Å²) < 4.78 is 66.2. The molecule has 1 aliphatic rings. The minimum Gasteiger partial charge on any atom is -0.263 e. The number of hydrogen-bond acceptors (Lipinski definition) is 4. The molecule has 3 rings (SSSR count). The minimum atomic E-state index is -4.14. The highest BCUT2D eigenvalue weighted by atomic mass is 32.2. The fourth-order valence-electron chi connectivity index (χ4n) is 2.83. The molecule has 1 saturated heterocycles. The normalized spacial score (nSPS) is 22.2. The van der Waals surface area contributed by atoms with E-state index in [-0.39, 0.29) is 13.1 Å². The van der Waals surface area contributed by atoms with E-state index in [2.05, 4.69) is 15.2 Å². The molecule has 10 heteroatoms. The first kappa shape index (κ1) is 16.9. The molecule has 1 aliphatic heterocycles. The van der Waals surface area contributed by atoms with E-state index in [1.165, 1.54) is 0 Å². The maximum atomic E-state index is 13.3. The molecule has 0 spiro atoms. The van der Waals surface area contributed by atoms with Gasteiger partial charge in [0.15, 0.2) is 5.82 Å². The summed E-state index contributed by atoms with van der Waals surface area (Å²) >= 11 is 0. The fourth-order valence-corrected chi connectivity index (χ4v) is 4.39. The highest BCUT2D eigenvalue weighted by Crippen LogP contribution is 2.34. The molecule has 0 bridgehead atoms. The molecule has 6 nitrogen and oxygen atoms in total. The van der Waals surface area contributed by atoms with Crippen molar-refractivity contribution in [1.29, 1.82) is 0 Å². The van der Waals surface area contributed by atoms with Gasteiger partial charge >= 0.3 is 0 Å². The van der Waals surface area contributed by atoms with Gasteiger partial charge in [0.25, 0.3) is 0 Å². The Hall–Kier alpha value is -1.94. The van der Waals surface area contributed by atoms with E-state index in [0.29, 0.717) is 17.7 Å². The maximum absolute atomic E-state index is 13.3. The number of aryl methyl sites for hydroxylation is 1. The summed E-state index contributed by atoms with van der Waals surface area (Å²) in [5.74, 6) is -2.25. The zero-order chi connectivity index (χ0) is 17.5. The van der Waals surface area contributed by atoms with E-state index in [1.54, 1.807) is 6.92 Å². The lowest BCUT2D eigenvalue weighted by atomic mass is 9.97. The zero-order valence-electron chi connectivity index (χ0n) is 12.7. The Labute approximate surface area is 136 Å². The number of hydrogen-bond donors (Lipinski definition) is 1. The fraction of sp³-hybridized carbons (Fsp3) is 0.429. The van der Waals surface area contributed by atoms with Gasteiger partial charge in [0.1, 0.15) is 17.5 Å². The minimum absolute atomic E-state index is 0.0493. The van der Waals surface area contributed by atoms with Gasteiger partial charge in [-0.1, -0.05) is 0 Å². The van der Waals surface area contributed by atoms with Crippen LogP contribution in [-0.4, -0.2) is 47.7 Å². The second-order valence-electron chi connectivity index (χ2n) is 5.73. The molecule has 2 heterocycles. The molecule has 0 amide bonds. The summed E-state index contributed by atoms with van der Waals surface area (Å²) in [6.07, 6.45) is 0. The Morgan fingerprint density at radius 2 is 1.92 bits per heavy atom. The Morgan fingerprint density at radius 3 is 2.46 bits per heavy atom. The van der Waals surface area contributed by atoms with Gasteiger partial charge in [-0.2, -0.15) is 9.40 Å². The lowest BCUT2D eigenvalue weighted by Crippen LogP contribution is -2.29. The Morgan fingerprint density at radius 1 is 1.25 bits per heavy atom. The molecule has 1 fully saturated rings. The van der Waals surface area contributed by atoms with Crippen molar-refractivity contribution in [3.8, 4) is 0 Å². The van der Waals surface area contributed by atoms with Crippen LogP contribution in [0.5, 0.6) is 0 Å². The van der Waals surface area contributed by atoms with Crippen LogP contribution in [0.4, 0.5) is 13.2 Å². The van der Waals surface area contributed by atoms with Gasteiger partial charge in [-0.15, -0.1) is 0 Å². The maximum Gasteiger partial charge on any atom is 0.243 e. The monoisotopic (exact) mass is 360 g/mol. The second-order valence-corrected chi connectivity index (χ2v) is 7.67. The number of benzene rings is 1. The molecule has 24 heavy (non-hydrogen) atoms. The molecule has 130 valence electrons. The van der Waals surface area contributed by atoms with Gasteiger partial charge in [-0.3, -0.25) is 9.49 Å². The predicted molar refractivity (Wildman–Crippen MR) is 78.4 cm³/mol. The standard InChI is InChI=1S/C14H15F3N4O2S/c1-8-18-14(20-19-8)13-7-21(6-9(13)5-15)24(22,23)12-3-10(16)2-11(17)4-12/h2-4,9,13H,5-7H2,1H3,(H,18,19,20). The van der Waals surface area contributed by atoms with Crippen LogP contribution in [0.1, 0.15) is 17.6 Å². The molecule has 1 aromatic carbocycles. The van der Waals surface area contributed by atoms with Crippen LogP contribution in [0.25, 0.3) is 0 Å². The second kappa shape index (κ2) is 6.17. The summed E-state index contributed by atoms with van der Waals surface area (Å²) in [4.78, 5) is 3.64. The van der Waals surface area contributed by atoms with Crippen LogP contribution in [0.15, 0.2) is 23.1 Å². The van der Waals surface area contributed by atoms with Gasteiger partial charge < -0.3 is 0 Å². The number of sulfonamides is 1. The van der Waals surface area contributed by atoms with Gasteiger partial charge in [-0.25, -0.2) is 22.2 Å². The van der Waals surface area contributed by atoms with Crippen LogP contribution < -0.4 is 0 Å². The average molecular weight is 360 g/mol. The highest BCUT2D eigenvalue weighted by Gasteiger charge is 2.42. The van der Waals surface area contributed by atoms with Crippen molar-refractivity contribution >= 4 is 10.0 Å². The predicted octanol–water partition coefficient (Wildman–Crippen LogP) is 1.77. The number of halogens is 3. The van der Waals surface area contributed by atoms with E-state index in [1.807, 2.05) is 0 Å². The van der Waals surface area contributed by atoms with Crippen LogP contribution in [0.3, 0.4) is 0 Å². The largest absolute Gasteiger partial charge is 0.263 e. The molecular weight excluding hydrogens is 345 g/mol. The van der Waals surface area contributed by atoms with Gasteiger partial charge in [-0.05, 0) is 19.1 Å². The van der Waals surface area contributed by atoms with Gasteiger partial charge in [0, 0.05) is 31.0 Å². The smallest absolute Gasteiger partial charge is 0.243 e. The molecule has 1 aromatic heterocycles. The first-order valence-electron chi connectivity index (χ1n) is 7.22. The summed E-state index contributed by atoms with van der Waals surface area (Å²) in [5, 5.41) is 6.61. The van der Waals surface area contributed by atoms with Crippen molar-refractivity contribution < 1.29 is 21.6 Å². The van der Waals surface area contributed by atoms with Crippen molar-refractivity contribution in [2.75, 3.05) is 19.8 Å². The van der Waals surface area contributed by atoms with E-state index < -0.39 is 45.1 Å². The molecule has 0 aliphatic carbocycles. The summed E-state index contributed by atoms with van der Waals surface area (Å²) in [5.41, 5.74) is 0. The van der Waals surface area contributed by atoms with E-state index in [9.17, 15) is 21.6 Å². The SMILES string of the molecule is Cc1nc(C2CN(S(=O)(=O)c3cc(F)cc(F)c3)CC2CF)n[nH]1. The number of nitrogens with zero attached hydrogens (tertiary/aromatic N) is 3. The highest BCUT2D eigenvalue weighted by molar-refractivity contribution is 7.89. The van der Waals surface area contributed by atoms with Crippen molar-refractivity contribution in [2.24, 2.45) is 5.92 Å². The van der Waals surface area contributed by atoms with Crippen molar-refractivity contribution in [2.45, 2.75) is 17.7 Å². The van der Waals surface area contributed by atoms with Crippen LogP contribution in [-0.2, 0) is 10.0 Å². The van der Waals surface area contributed by atoms with Gasteiger partial charge in [0.05, 0.1) is 11.6 Å². The Bertz CT molecular complexity index is 835. The van der Waals surface area contributed by atoms with Crippen molar-refractivity contribution in [3.05, 3.63) is 41.5 Å². The summed E-state index contributed by atoms with van der Waals surface area (Å²) in [7, 11) is -4.14. The number of nitrogens with one attached hydrogen (secondary N) is 1. The quantitative estimate of drug-likeness (QED) is 0.901. The third kappa shape index (κ3) is 3.03. The molecular formula is C14H15F3N4O2S. The summed E-state index contributed by atoms with van der Waals surface area (Å²) in [6, 6.07) is 2.08. The molecule has 2 aromatic rings. The van der Waals surface area contributed by atoms with E-state index in [0.717, 1.165) is 16.4 Å². The van der Waals surface area contributed by atoms with Crippen molar-refractivity contribution in [1.82, 2.24) is 19.5 Å². The topological polar surface area (TPSA) is 79.0 Å². The average Bonchev–Trinajstić information content (AvgIpc) is 3.12. The lowest BCUT2D eigenvalue weighted by Gasteiger charge is -2.16. The number of alkyl halides is 1. The zero-order valence-corrected chi connectivity index (χ0v) is 13.5. The molecule has 0 saturated carbocycles. The third-order valence-electron chi connectivity index (χ3n) is 4.03.